The first-order valence-electron chi connectivity index (χ1n) is 10.4. The maximum absolute atomic E-state index is 14.2. The molecule has 30 heavy (non-hydrogen) atoms. The van der Waals surface area contributed by atoms with Gasteiger partial charge in [-0.25, -0.2) is 14.2 Å². The highest BCUT2D eigenvalue weighted by atomic mass is 19.1. The lowest BCUT2D eigenvalue weighted by Gasteiger charge is -2.38. The van der Waals surface area contributed by atoms with Gasteiger partial charge in [-0.1, -0.05) is 5.16 Å². The van der Waals surface area contributed by atoms with E-state index in [1.54, 1.807) is 17.3 Å². The molecule has 0 spiro atoms. The highest BCUT2D eigenvalue weighted by molar-refractivity contribution is 5.96. The predicted octanol–water partition coefficient (Wildman–Crippen LogP) is 4.04. The molecule has 1 saturated heterocycles. The summed E-state index contributed by atoms with van der Waals surface area (Å²) in [5.74, 6) is 1.04. The van der Waals surface area contributed by atoms with Crippen LogP contribution in [0.5, 0.6) is 0 Å². The Hall–Kier alpha value is -3.23. The van der Waals surface area contributed by atoms with E-state index in [0.717, 1.165) is 31.4 Å². The Morgan fingerprint density at radius 1 is 1.20 bits per heavy atom. The number of hydrogen-bond donors (Lipinski definition) is 0. The average Bonchev–Trinajstić information content (AvgIpc) is 3.17. The standard InChI is InChI=1S/C21H21FN6O2/c1-12-18-17(19-24-20(30-25-19)13-4-5-13)23-11-27(18)15-7-6-14(22)10-16(15)28(12)21(29)26-8-2-3-9-26/h6-7,10-13H,2-5,8-9H2,1H3/t12-/m1/s1. The van der Waals surface area contributed by atoms with Crippen LogP contribution in [0.1, 0.15) is 56.2 Å². The van der Waals surface area contributed by atoms with Crippen molar-refractivity contribution in [1.29, 1.82) is 0 Å². The number of imidazole rings is 1. The molecule has 0 N–H and O–H groups in total. The van der Waals surface area contributed by atoms with Crippen LogP contribution in [-0.4, -0.2) is 43.7 Å². The fraction of sp³-hybridized carbons (Fsp3) is 0.429. The fourth-order valence-corrected chi connectivity index (χ4v) is 4.50. The number of halogens is 1. The summed E-state index contributed by atoms with van der Waals surface area (Å²) in [7, 11) is 0. The van der Waals surface area contributed by atoms with Crippen molar-refractivity contribution in [2.45, 2.75) is 44.6 Å². The van der Waals surface area contributed by atoms with Crippen LogP contribution in [0.4, 0.5) is 14.9 Å². The third-order valence-corrected chi connectivity index (χ3v) is 6.21. The SMILES string of the molecule is C[C@@H]1c2c(-c3noc(C4CC4)n3)ncn2-c2ccc(F)cc2N1C(=O)N1CCCC1. The van der Waals surface area contributed by atoms with Crippen molar-refractivity contribution in [2.24, 2.45) is 0 Å². The molecule has 0 unspecified atom stereocenters. The monoisotopic (exact) mass is 408 g/mol. The first-order chi connectivity index (χ1) is 14.6. The number of carbonyl (C=O) groups excluding carboxylic acids is 1. The molecule has 0 bridgehead atoms. The van der Waals surface area contributed by atoms with Gasteiger partial charge in [0.25, 0.3) is 0 Å². The number of anilines is 1. The summed E-state index contributed by atoms with van der Waals surface area (Å²) in [6, 6.07) is 4.02. The van der Waals surface area contributed by atoms with Gasteiger partial charge in [-0.2, -0.15) is 4.98 Å². The highest BCUT2D eigenvalue weighted by Crippen LogP contribution is 2.44. The lowest BCUT2D eigenvalue weighted by molar-refractivity contribution is 0.213. The number of aromatic nitrogens is 4. The number of fused-ring (bicyclic) bond motifs is 3. The fourth-order valence-electron chi connectivity index (χ4n) is 4.50. The summed E-state index contributed by atoms with van der Waals surface area (Å²) < 4.78 is 21.5. The van der Waals surface area contributed by atoms with Gasteiger partial charge in [-0.15, -0.1) is 0 Å². The van der Waals surface area contributed by atoms with Crippen LogP contribution in [-0.2, 0) is 0 Å². The molecule has 1 aromatic carbocycles. The van der Waals surface area contributed by atoms with Gasteiger partial charge in [0.15, 0.2) is 0 Å². The second-order valence-corrected chi connectivity index (χ2v) is 8.23. The van der Waals surface area contributed by atoms with Crippen molar-refractivity contribution < 1.29 is 13.7 Å². The smallest absolute Gasteiger partial charge is 0.325 e. The number of rotatable bonds is 2. The predicted molar refractivity (Wildman–Crippen MR) is 106 cm³/mol. The van der Waals surface area contributed by atoms with E-state index < -0.39 is 0 Å². The Labute approximate surface area is 172 Å². The first kappa shape index (κ1) is 17.6. The first-order valence-corrected chi connectivity index (χ1v) is 10.4. The average molecular weight is 408 g/mol. The Morgan fingerprint density at radius 3 is 2.77 bits per heavy atom. The van der Waals surface area contributed by atoms with E-state index in [1.165, 1.54) is 12.1 Å². The van der Waals surface area contributed by atoms with Crippen LogP contribution in [0.2, 0.25) is 0 Å². The zero-order valence-electron chi connectivity index (χ0n) is 16.6. The number of amides is 2. The van der Waals surface area contributed by atoms with E-state index in [4.69, 9.17) is 4.52 Å². The zero-order chi connectivity index (χ0) is 20.4. The molecule has 0 radical (unpaired) electrons. The molecule has 3 aromatic rings. The minimum absolute atomic E-state index is 0.114. The van der Waals surface area contributed by atoms with Gasteiger partial charge < -0.3 is 9.42 Å². The Balaban J connectivity index is 1.49. The molecule has 1 aliphatic carbocycles. The molecule has 154 valence electrons. The molecule has 4 heterocycles. The number of nitrogens with zero attached hydrogens (tertiary/aromatic N) is 6. The van der Waals surface area contributed by atoms with Crippen molar-refractivity contribution in [3.63, 3.8) is 0 Å². The van der Waals surface area contributed by atoms with Gasteiger partial charge in [0.05, 0.1) is 23.1 Å². The normalized spacial score (nSPS) is 20.4. The van der Waals surface area contributed by atoms with Crippen LogP contribution in [0.25, 0.3) is 17.2 Å². The molecule has 2 amide bonds. The molecule has 2 aromatic heterocycles. The maximum Gasteiger partial charge on any atom is 0.325 e. The molecular weight excluding hydrogens is 387 g/mol. The second-order valence-electron chi connectivity index (χ2n) is 8.23. The summed E-state index contributed by atoms with van der Waals surface area (Å²) in [6.07, 6.45) is 5.79. The van der Waals surface area contributed by atoms with E-state index >= 15 is 0 Å². The highest BCUT2D eigenvalue weighted by Gasteiger charge is 2.39. The van der Waals surface area contributed by atoms with Crippen molar-refractivity contribution >= 4 is 11.7 Å². The Morgan fingerprint density at radius 2 is 2.00 bits per heavy atom. The molecule has 8 nitrogen and oxygen atoms in total. The van der Waals surface area contributed by atoms with Gasteiger partial charge in [0, 0.05) is 19.0 Å². The van der Waals surface area contributed by atoms with E-state index in [1.807, 2.05) is 16.4 Å². The Kier molecular flexibility index (Phi) is 3.75. The lowest BCUT2D eigenvalue weighted by Crippen LogP contribution is -2.45. The number of likely N-dealkylation sites (tertiary alicyclic amines) is 1. The summed E-state index contributed by atoms with van der Waals surface area (Å²) in [4.78, 5) is 26.0. The number of hydrogen-bond acceptors (Lipinski definition) is 5. The molecule has 9 heteroatoms. The molecule has 2 fully saturated rings. The number of benzene rings is 1. The summed E-state index contributed by atoms with van der Waals surface area (Å²) in [5.41, 5.74) is 2.64. The molecule has 3 aliphatic rings. The molecule has 1 saturated carbocycles. The van der Waals surface area contributed by atoms with Crippen LogP contribution < -0.4 is 4.90 Å². The summed E-state index contributed by atoms with van der Waals surface area (Å²) in [6.45, 7) is 3.36. The van der Waals surface area contributed by atoms with Gasteiger partial charge in [-0.3, -0.25) is 9.47 Å². The van der Waals surface area contributed by atoms with E-state index in [0.29, 0.717) is 47.8 Å². The van der Waals surface area contributed by atoms with Crippen molar-refractivity contribution in [3.05, 3.63) is 41.9 Å². The minimum Gasteiger partial charge on any atom is -0.339 e. The third kappa shape index (κ3) is 2.57. The molecule has 2 aliphatic heterocycles. The maximum atomic E-state index is 14.2. The van der Waals surface area contributed by atoms with Gasteiger partial charge in [-0.05, 0) is 50.8 Å². The molecule has 6 rings (SSSR count). The molecular formula is C21H21FN6O2. The van der Waals surface area contributed by atoms with E-state index in [2.05, 4.69) is 15.1 Å². The summed E-state index contributed by atoms with van der Waals surface area (Å²) in [5, 5.41) is 4.14. The van der Waals surface area contributed by atoms with Crippen LogP contribution in [0.3, 0.4) is 0 Å². The topological polar surface area (TPSA) is 80.3 Å². The number of urea groups is 1. The zero-order valence-corrected chi connectivity index (χ0v) is 16.6. The van der Waals surface area contributed by atoms with Crippen LogP contribution in [0.15, 0.2) is 29.0 Å². The van der Waals surface area contributed by atoms with Crippen LogP contribution >= 0.6 is 0 Å². The van der Waals surface area contributed by atoms with Crippen molar-refractivity contribution in [2.75, 3.05) is 18.0 Å². The second kappa shape index (κ2) is 6.38. The van der Waals surface area contributed by atoms with Gasteiger partial charge >= 0.3 is 6.03 Å². The lowest BCUT2D eigenvalue weighted by atomic mass is 10.0. The van der Waals surface area contributed by atoms with Crippen molar-refractivity contribution in [3.8, 4) is 17.2 Å². The quantitative estimate of drug-likeness (QED) is 0.639. The molecule has 1 atom stereocenters. The van der Waals surface area contributed by atoms with Crippen molar-refractivity contribution in [1.82, 2.24) is 24.6 Å². The summed E-state index contributed by atoms with van der Waals surface area (Å²) >= 11 is 0. The largest absolute Gasteiger partial charge is 0.339 e. The van der Waals surface area contributed by atoms with Gasteiger partial charge in [0.1, 0.15) is 17.8 Å². The number of carbonyl (C=O) groups is 1. The third-order valence-electron chi connectivity index (χ3n) is 6.21. The van der Waals surface area contributed by atoms with Gasteiger partial charge in [0.2, 0.25) is 11.7 Å². The van der Waals surface area contributed by atoms with Crippen LogP contribution in [0, 0.1) is 5.82 Å². The van der Waals surface area contributed by atoms with E-state index in [-0.39, 0.29) is 17.9 Å². The van der Waals surface area contributed by atoms with E-state index in [9.17, 15) is 9.18 Å². The Bertz CT molecular complexity index is 1140. The minimum atomic E-state index is -0.379.